The number of carbonyl (C=O) groups excluding carboxylic acids is 2. The summed E-state index contributed by atoms with van der Waals surface area (Å²) in [5.41, 5.74) is 12.0. The number of carbonyl (C=O) groups is 4. The van der Waals surface area contributed by atoms with Crippen LogP contribution in [0.3, 0.4) is 0 Å². The number of amides is 2. The molecule has 2 aromatic rings. The maximum Gasteiger partial charge on any atom is 0.322 e. The number of hydrogen-bond donors (Lipinski definition) is 8. The number of imidazole rings is 1. The van der Waals surface area contributed by atoms with E-state index in [4.69, 9.17) is 33.9 Å². The van der Waals surface area contributed by atoms with Gasteiger partial charge in [-0.2, -0.15) is 0 Å². The Kier molecular flexibility index (Phi) is 11.4. The second kappa shape index (κ2) is 13.7. The zero-order valence-electron chi connectivity index (χ0n) is 16.8. The minimum absolute atomic E-state index is 0.135. The molecule has 2 rings (SSSR count). The van der Waals surface area contributed by atoms with Gasteiger partial charge in [-0.25, -0.2) is 9.97 Å². The fraction of sp³-hybridized carbons (Fsp3) is 0.400. The van der Waals surface area contributed by atoms with E-state index in [1.807, 2.05) is 0 Å². The van der Waals surface area contributed by atoms with Crippen molar-refractivity contribution in [2.45, 2.75) is 24.9 Å². The van der Waals surface area contributed by atoms with Gasteiger partial charge in [0.05, 0.1) is 6.33 Å². The minimum atomic E-state index is -1.27. The van der Waals surface area contributed by atoms with E-state index in [1.165, 1.54) is 6.33 Å². The first kappa shape index (κ1) is 27.4. The molecule has 0 radical (unpaired) electrons. The molecule has 0 aromatic carbocycles. The molecule has 2 heterocycles. The molecule has 0 aliphatic carbocycles. The van der Waals surface area contributed by atoms with E-state index in [0.717, 1.165) is 0 Å². The van der Waals surface area contributed by atoms with Crippen LogP contribution in [0.2, 0.25) is 0 Å². The molecule has 0 bridgehead atoms. The molecule has 0 aliphatic heterocycles. The first-order valence-corrected chi connectivity index (χ1v) is 10.3. The second-order valence-corrected chi connectivity index (χ2v) is 7.27. The summed E-state index contributed by atoms with van der Waals surface area (Å²) in [7, 11) is 0. The van der Waals surface area contributed by atoms with Gasteiger partial charge < -0.3 is 42.3 Å². The van der Waals surface area contributed by atoms with Crippen molar-refractivity contribution >= 4 is 65.0 Å². The van der Waals surface area contributed by atoms with Crippen molar-refractivity contribution in [1.82, 2.24) is 30.6 Å². The molecule has 0 saturated heterocycles. The highest BCUT2D eigenvalue weighted by Crippen LogP contribution is 2.07. The van der Waals surface area contributed by atoms with Gasteiger partial charge in [0.25, 0.3) is 0 Å². The molecule has 16 nitrogen and oxygen atoms in total. The van der Waals surface area contributed by atoms with Crippen molar-refractivity contribution in [3.8, 4) is 0 Å². The topological polar surface area (TPSA) is 272 Å². The van der Waals surface area contributed by atoms with Crippen LogP contribution in [0.5, 0.6) is 0 Å². The number of H-pyrrole nitrogens is 2. The average Bonchev–Trinajstić information content (AvgIpc) is 3.22. The van der Waals surface area contributed by atoms with E-state index in [-0.39, 0.29) is 24.5 Å². The summed E-state index contributed by atoms with van der Waals surface area (Å²) in [5.74, 6) is -3.88. The molecule has 0 fully saturated rings. The zero-order chi connectivity index (χ0) is 25.0. The van der Waals surface area contributed by atoms with E-state index < -0.39 is 42.4 Å². The number of nitrogens with one attached hydrogen (secondary N) is 4. The average molecular weight is 504 g/mol. The summed E-state index contributed by atoms with van der Waals surface area (Å²) in [6.45, 7) is -0.645. The number of nitrogen functional groups attached to an aromatic ring is 1. The normalized spacial score (nSPS) is 12.0. The summed E-state index contributed by atoms with van der Waals surface area (Å²) in [6.07, 6.45) is 1.16. The van der Waals surface area contributed by atoms with Crippen LogP contribution in [-0.4, -0.2) is 78.3 Å². The van der Waals surface area contributed by atoms with Crippen LogP contribution in [0.4, 0.5) is 5.95 Å². The Morgan fingerprint density at radius 1 is 1.30 bits per heavy atom. The molecule has 10 N–H and O–H groups in total. The number of carboxylic acid groups (broad SMARTS) is 2. The van der Waals surface area contributed by atoms with Gasteiger partial charge in [-0.3, -0.25) is 19.2 Å². The Morgan fingerprint density at radius 2 is 2.00 bits per heavy atom. The number of hydrogen-bond acceptors (Lipinski definition) is 12. The van der Waals surface area contributed by atoms with Crippen LogP contribution >= 0.6 is 24.2 Å². The van der Waals surface area contributed by atoms with E-state index in [2.05, 4.69) is 35.2 Å². The smallest absolute Gasteiger partial charge is 0.322 e. The summed E-state index contributed by atoms with van der Waals surface area (Å²) in [6, 6.07) is -2.38. The monoisotopic (exact) mass is 503 g/mol. The van der Waals surface area contributed by atoms with E-state index in [0.29, 0.717) is 27.8 Å². The molecule has 2 atom stereocenters. The molecule has 0 aliphatic rings. The van der Waals surface area contributed by atoms with Crippen LogP contribution in [0.15, 0.2) is 10.9 Å². The molecule has 0 spiro atoms. The maximum atomic E-state index is 11.7. The first-order valence-electron chi connectivity index (χ1n) is 8.95. The first-order chi connectivity index (χ1) is 15.5. The summed E-state index contributed by atoms with van der Waals surface area (Å²) < 4.78 is 2.92. The highest BCUT2D eigenvalue weighted by atomic mass is 32.2. The lowest BCUT2D eigenvalue weighted by molar-refractivity contribution is -0.139. The number of anilines is 1. The highest BCUT2D eigenvalue weighted by Gasteiger charge is 2.22. The lowest BCUT2D eigenvalue weighted by Gasteiger charge is -2.16. The number of nitrogens with zero attached hydrogens (tertiary/aromatic N) is 3. The van der Waals surface area contributed by atoms with Gasteiger partial charge in [0.2, 0.25) is 17.8 Å². The molecule has 33 heavy (non-hydrogen) atoms. The third-order valence-corrected chi connectivity index (χ3v) is 4.56. The standard InChI is InChI=1S/C10H16N4O7S.C5H5N5S/c11-5(10(19)20)1-2-7(15)13-6(4-22-14-21)9(18)12-3-8(16)17;6-5-9-3-2(4(11)10-5)7-1-8-3/h5-6H,1-4,11H2,(H,12,18)(H,13,15)(H,16,17)(H,19,20);1H,(H4,6,7,8,9,10,11). The fourth-order valence-corrected chi connectivity index (χ4v) is 2.82. The number of carboxylic acids is 2. The predicted octanol–water partition coefficient (Wildman–Crippen LogP) is -1.12. The fourth-order valence-electron chi connectivity index (χ4n) is 2.12. The quantitative estimate of drug-likeness (QED) is 0.103. The van der Waals surface area contributed by atoms with Gasteiger partial charge in [-0.1, -0.05) is 12.2 Å². The third kappa shape index (κ3) is 10.0. The number of rotatable bonds is 11. The largest absolute Gasteiger partial charge is 0.480 e. The van der Waals surface area contributed by atoms with Crippen molar-refractivity contribution in [2.75, 3.05) is 18.0 Å². The Morgan fingerprint density at radius 3 is 2.61 bits per heavy atom. The molecular formula is C15H21N9O7S2. The maximum absolute atomic E-state index is 11.7. The number of aromatic amines is 2. The van der Waals surface area contributed by atoms with Gasteiger partial charge >= 0.3 is 11.9 Å². The summed E-state index contributed by atoms with van der Waals surface area (Å²) in [4.78, 5) is 67.6. The van der Waals surface area contributed by atoms with E-state index in [9.17, 15) is 24.1 Å². The molecule has 2 unspecified atom stereocenters. The van der Waals surface area contributed by atoms with Crippen LogP contribution < -0.4 is 22.1 Å². The second-order valence-electron chi connectivity index (χ2n) is 6.14. The summed E-state index contributed by atoms with van der Waals surface area (Å²) in [5, 5.41) is 21.3. The SMILES string of the molecule is NC(CCC(=O)NC(CSN=O)C(=O)NCC(=O)O)C(=O)O.Nc1nc(=S)c2[nH]cnc2[nH]1. The zero-order valence-corrected chi connectivity index (χ0v) is 18.4. The van der Waals surface area contributed by atoms with Crippen molar-refractivity contribution in [2.24, 2.45) is 10.3 Å². The Labute approximate surface area is 194 Å². The van der Waals surface area contributed by atoms with Gasteiger partial charge in [0, 0.05) is 28.7 Å². The van der Waals surface area contributed by atoms with Crippen molar-refractivity contribution in [3.63, 3.8) is 0 Å². The van der Waals surface area contributed by atoms with Gasteiger partial charge in [0.15, 0.2) is 10.3 Å². The third-order valence-electron chi connectivity index (χ3n) is 3.68. The number of aliphatic carboxylic acids is 2. The van der Waals surface area contributed by atoms with E-state index in [1.54, 1.807) is 0 Å². The predicted molar refractivity (Wildman–Crippen MR) is 119 cm³/mol. The van der Waals surface area contributed by atoms with Crippen molar-refractivity contribution in [1.29, 1.82) is 0 Å². The van der Waals surface area contributed by atoms with Gasteiger partial charge in [0.1, 0.15) is 24.1 Å². The number of nitrogens with two attached hydrogens (primary N) is 2. The van der Waals surface area contributed by atoms with Crippen LogP contribution in [0.1, 0.15) is 12.8 Å². The lowest BCUT2D eigenvalue weighted by atomic mass is 10.1. The number of fused-ring (bicyclic) bond motifs is 1. The Bertz CT molecular complexity index is 1060. The van der Waals surface area contributed by atoms with Crippen LogP contribution in [0, 0.1) is 9.55 Å². The molecular weight excluding hydrogens is 482 g/mol. The molecule has 180 valence electrons. The lowest BCUT2D eigenvalue weighted by Crippen LogP contribution is -2.49. The molecule has 0 saturated carbocycles. The van der Waals surface area contributed by atoms with Crippen molar-refractivity contribution < 1.29 is 29.4 Å². The van der Waals surface area contributed by atoms with E-state index >= 15 is 0 Å². The van der Waals surface area contributed by atoms with Crippen LogP contribution in [-0.2, 0) is 19.2 Å². The van der Waals surface area contributed by atoms with Gasteiger partial charge in [-0.05, 0) is 6.42 Å². The van der Waals surface area contributed by atoms with Gasteiger partial charge in [-0.15, -0.1) is 4.91 Å². The molecule has 2 aromatic heterocycles. The number of aromatic nitrogens is 4. The highest BCUT2D eigenvalue weighted by molar-refractivity contribution is 7.97. The number of nitroso groups, excluding NO2 is 1. The Balaban J connectivity index is 0.000000405. The van der Waals surface area contributed by atoms with Crippen molar-refractivity contribution in [3.05, 3.63) is 15.9 Å². The molecule has 18 heteroatoms. The minimum Gasteiger partial charge on any atom is -0.480 e. The Hall–Kier alpha value is -3.64. The van der Waals surface area contributed by atoms with Crippen LogP contribution in [0.25, 0.3) is 11.2 Å². The molecule has 2 amide bonds. The summed E-state index contributed by atoms with van der Waals surface area (Å²) >= 11 is 5.39.